The van der Waals surface area contributed by atoms with Gasteiger partial charge in [-0.1, -0.05) is 6.92 Å². The molecule has 140 valence electrons. The fraction of sp³-hybridized carbons (Fsp3) is 0.632. The summed E-state index contributed by atoms with van der Waals surface area (Å²) in [6.07, 6.45) is 4.89. The minimum absolute atomic E-state index is 0.103. The number of nitrogens with zero attached hydrogens (tertiary/aromatic N) is 4. The number of H-pyrrole nitrogens is 1. The van der Waals surface area contributed by atoms with E-state index in [0.717, 1.165) is 63.1 Å². The lowest BCUT2D eigenvalue weighted by molar-refractivity contribution is -0.147. The first-order chi connectivity index (χ1) is 12.5. The van der Waals surface area contributed by atoms with Gasteiger partial charge in [-0.15, -0.1) is 0 Å². The fourth-order valence-electron chi connectivity index (χ4n) is 4.68. The highest BCUT2D eigenvalue weighted by Gasteiger charge is 2.50. The standard InChI is InChI=1S/C19H27N5O2/c1-3-8-22-9-4-6-19(18(22)26)7-5-10-23(19)13-15-12-17(25)24-16(20-15)11-14(2)21-24/h11-12,21H,3-10,13H2,1-2H3. The number of fused-ring (bicyclic) bond motifs is 1. The number of piperidine rings is 1. The molecule has 1 unspecified atom stereocenters. The molecular weight excluding hydrogens is 330 g/mol. The predicted octanol–water partition coefficient (Wildman–Crippen LogP) is 1.70. The van der Waals surface area contributed by atoms with Crippen molar-refractivity contribution in [2.45, 2.75) is 58.0 Å². The molecule has 4 heterocycles. The molecule has 2 aromatic heterocycles. The second-order valence-electron chi connectivity index (χ2n) is 7.67. The Balaban J connectivity index is 1.63. The Morgan fingerprint density at radius 2 is 1.96 bits per heavy atom. The van der Waals surface area contributed by atoms with Crippen molar-refractivity contribution in [3.8, 4) is 0 Å². The Morgan fingerprint density at radius 1 is 1.19 bits per heavy atom. The van der Waals surface area contributed by atoms with Gasteiger partial charge in [-0.25, -0.2) is 9.50 Å². The summed E-state index contributed by atoms with van der Waals surface area (Å²) >= 11 is 0. The van der Waals surface area contributed by atoms with Crippen molar-refractivity contribution < 1.29 is 4.79 Å². The van der Waals surface area contributed by atoms with Crippen LogP contribution < -0.4 is 5.56 Å². The number of carbonyl (C=O) groups is 1. The maximum atomic E-state index is 13.2. The van der Waals surface area contributed by atoms with Crippen LogP contribution in [0.3, 0.4) is 0 Å². The molecule has 2 saturated heterocycles. The van der Waals surface area contributed by atoms with E-state index in [1.165, 1.54) is 4.52 Å². The van der Waals surface area contributed by atoms with E-state index in [9.17, 15) is 9.59 Å². The Labute approximate surface area is 153 Å². The van der Waals surface area contributed by atoms with Crippen molar-refractivity contribution in [2.75, 3.05) is 19.6 Å². The van der Waals surface area contributed by atoms with Crippen LogP contribution in [-0.2, 0) is 11.3 Å². The molecule has 0 bridgehead atoms. The highest BCUT2D eigenvalue weighted by molar-refractivity contribution is 5.87. The van der Waals surface area contributed by atoms with E-state index >= 15 is 0 Å². The molecule has 0 radical (unpaired) electrons. The average Bonchev–Trinajstić information content (AvgIpc) is 3.16. The molecule has 1 amide bonds. The minimum Gasteiger partial charge on any atom is -0.341 e. The van der Waals surface area contributed by atoms with E-state index in [4.69, 9.17) is 0 Å². The lowest BCUT2D eigenvalue weighted by atomic mass is 9.85. The Morgan fingerprint density at radius 3 is 2.73 bits per heavy atom. The highest BCUT2D eigenvalue weighted by Crippen LogP contribution is 2.39. The van der Waals surface area contributed by atoms with Gasteiger partial charge in [0.15, 0.2) is 5.65 Å². The number of hydrogen-bond donors (Lipinski definition) is 1. The van der Waals surface area contributed by atoms with Gasteiger partial charge in [-0.2, -0.15) is 0 Å². The zero-order valence-electron chi connectivity index (χ0n) is 15.6. The Hall–Kier alpha value is -2.15. The normalized spacial score (nSPS) is 24.2. The SMILES string of the molecule is CCCN1CCCC2(CCCN2Cc2cc(=O)n3[nH]c(C)cc3n2)C1=O. The van der Waals surface area contributed by atoms with Crippen LogP contribution in [-0.4, -0.2) is 55.5 Å². The Kier molecular flexibility index (Phi) is 4.34. The number of hydrogen-bond acceptors (Lipinski definition) is 4. The van der Waals surface area contributed by atoms with Gasteiger partial charge in [0.05, 0.1) is 5.69 Å². The molecule has 0 saturated carbocycles. The summed E-state index contributed by atoms with van der Waals surface area (Å²) in [5.74, 6) is 0.276. The molecule has 1 atom stereocenters. The first kappa shape index (κ1) is 17.3. The van der Waals surface area contributed by atoms with Crippen LogP contribution in [0, 0.1) is 6.92 Å². The van der Waals surface area contributed by atoms with Gasteiger partial charge in [-0.05, 0) is 45.6 Å². The van der Waals surface area contributed by atoms with Crippen LogP contribution in [0.4, 0.5) is 0 Å². The van der Waals surface area contributed by atoms with Crippen molar-refractivity contribution in [3.05, 3.63) is 33.9 Å². The summed E-state index contributed by atoms with van der Waals surface area (Å²) in [6, 6.07) is 3.46. The van der Waals surface area contributed by atoms with Gasteiger partial charge >= 0.3 is 0 Å². The number of likely N-dealkylation sites (tertiary alicyclic amines) is 2. The monoisotopic (exact) mass is 357 g/mol. The predicted molar refractivity (Wildman–Crippen MR) is 99.0 cm³/mol. The summed E-state index contributed by atoms with van der Waals surface area (Å²) in [5.41, 5.74) is 1.79. The first-order valence-corrected chi connectivity index (χ1v) is 9.66. The van der Waals surface area contributed by atoms with Gasteiger partial charge in [0, 0.05) is 37.5 Å². The van der Waals surface area contributed by atoms with Crippen molar-refractivity contribution >= 4 is 11.6 Å². The topological polar surface area (TPSA) is 73.7 Å². The third-order valence-electron chi connectivity index (χ3n) is 5.81. The van der Waals surface area contributed by atoms with Crippen molar-refractivity contribution in [3.63, 3.8) is 0 Å². The number of aromatic amines is 1. The molecule has 26 heavy (non-hydrogen) atoms. The molecule has 4 rings (SSSR count). The molecule has 7 heteroatoms. The summed E-state index contributed by atoms with van der Waals surface area (Å²) in [5, 5.41) is 3.00. The molecular formula is C19H27N5O2. The number of aryl methyl sites for hydroxylation is 1. The maximum absolute atomic E-state index is 13.2. The quantitative estimate of drug-likeness (QED) is 0.904. The smallest absolute Gasteiger partial charge is 0.272 e. The van der Waals surface area contributed by atoms with Gasteiger partial charge in [0.1, 0.15) is 5.54 Å². The van der Waals surface area contributed by atoms with E-state index in [-0.39, 0.29) is 11.5 Å². The van der Waals surface area contributed by atoms with Crippen molar-refractivity contribution in [1.82, 2.24) is 24.4 Å². The van der Waals surface area contributed by atoms with Crippen LogP contribution in [0.15, 0.2) is 16.9 Å². The molecule has 0 aliphatic carbocycles. The summed E-state index contributed by atoms with van der Waals surface area (Å²) in [4.78, 5) is 34.5. The number of aromatic nitrogens is 3. The van der Waals surface area contributed by atoms with E-state index in [1.54, 1.807) is 6.07 Å². The zero-order valence-corrected chi connectivity index (χ0v) is 15.6. The van der Waals surface area contributed by atoms with Gasteiger partial charge in [-0.3, -0.25) is 19.6 Å². The molecule has 2 fully saturated rings. The molecule has 2 aliphatic heterocycles. The number of carbonyl (C=O) groups excluding carboxylic acids is 1. The summed E-state index contributed by atoms with van der Waals surface area (Å²) in [6.45, 7) is 7.18. The van der Waals surface area contributed by atoms with Crippen LogP contribution in [0.1, 0.15) is 50.4 Å². The second-order valence-corrected chi connectivity index (χ2v) is 7.67. The first-order valence-electron chi connectivity index (χ1n) is 9.66. The van der Waals surface area contributed by atoms with E-state index in [0.29, 0.717) is 12.2 Å². The number of nitrogens with one attached hydrogen (secondary N) is 1. The third-order valence-corrected chi connectivity index (χ3v) is 5.81. The fourth-order valence-corrected chi connectivity index (χ4v) is 4.68. The Bertz CT molecular complexity index is 884. The van der Waals surface area contributed by atoms with Gasteiger partial charge in [0.2, 0.25) is 5.91 Å². The van der Waals surface area contributed by atoms with E-state index in [2.05, 4.69) is 21.9 Å². The van der Waals surface area contributed by atoms with Crippen LogP contribution >= 0.6 is 0 Å². The largest absolute Gasteiger partial charge is 0.341 e. The molecule has 7 nitrogen and oxygen atoms in total. The lowest BCUT2D eigenvalue weighted by Crippen LogP contribution is -2.59. The van der Waals surface area contributed by atoms with Crippen LogP contribution in [0.2, 0.25) is 0 Å². The minimum atomic E-state index is -0.395. The van der Waals surface area contributed by atoms with E-state index in [1.807, 2.05) is 17.9 Å². The van der Waals surface area contributed by atoms with Crippen molar-refractivity contribution in [1.29, 1.82) is 0 Å². The summed E-state index contributed by atoms with van der Waals surface area (Å²) < 4.78 is 1.47. The maximum Gasteiger partial charge on any atom is 0.272 e. The molecule has 1 spiro atoms. The van der Waals surface area contributed by atoms with Gasteiger partial charge < -0.3 is 4.90 Å². The molecule has 0 aromatic carbocycles. The molecule has 2 aliphatic rings. The molecule has 1 N–H and O–H groups in total. The van der Waals surface area contributed by atoms with Gasteiger partial charge in [0.25, 0.3) is 5.56 Å². The summed E-state index contributed by atoms with van der Waals surface area (Å²) in [7, 11) is 0. The second kappa shape index (κ2) is 6.54. The van der Waals surface area contributed by atoms with Crippen LogP contribution in [0.25, 0.3) is 5.65 Å². The zero-order chi connectivity index (χ0) is 18.3. The highest BCUT2D eigenvalue weighted by atomic mass is 16.2. The van der Waals surface area contributed by atoms with Crippen LogP contribution in [0.5, 0.6) is 0 Å². The average molecular weight is 357 g/mol. The number of rotatable bonds is 4. The van der Waals surface area contributed by atoms with Crippen molar-refractivity contribution in [2.24, 2.45) is 0 Å². The lowest BCUT2D eigenvalue weighted by Gasteiger charge is -2.44. The van der Waals surface area contributed by atoms with E-state index < -0.39 is 5.54 Å². The molecule has 2 aromatic rings. The third kappa shape index (κ3) is 2.74. The number of amides is 1.